The molecular weight excluding hydrogens is 1120 g/mol. The fourth-order valence-electron chi connectivity index (χ4n) is 14.5. The van der Waals surface area contributed by atoms with Crippen molar-refractivity contribution in [3.63, 3.8) is 0 Å². The highest BCUT2D eigenvalue weighted by molar-refractivity contribution is 5.98. The van der Waals surface area contributed by atoms with E-state index in [9.17, 15) is 37.5 Å². The zero-order chi connectivity index (χ0) is 62.3. The van der Waals surface area contributed by atoms with E-state index in [2.05, 4.69) is 64.7 Å². The second-order valence-electron chi connectivity index (χ2n) is 27.8. The van der Waals surface area contributed by atoms with Crippen LogP contribution < -0.4 is 42.2 Å². The third kappa shape index (κ3) is 16.6. The lowest BCUT2D eigenvalue weighted by atomic mass is 9.91. The molecule has 0 aliphatic carbocycles. The number of likely N-dealkylation sites (tertiary alicyclic amines) is 2. The molecule has 4 amide bonds. The Bertz CT molecular complexity index is 3000. The van der Waals surface area contributed by atoms with Crippen molar-refractivity contribution in [3.05, 3.63) is 127 Å². The van der Waals surface area contributed by atoms with Gasteiger partial charge in [-0.1, -0.05) is 77.6 Å². The van der Waals surface area contributed by atoms with Gasteiger partial charge in [-0.05, 0) is 113 Å². The lowest BCUT2D eigenvalue weighted by Gasteiger charge is -2.43. The first-order valence-electron chi connectivity index (χ1n) is 32.7. The average Bonchev–Trinajstić information content (AvgIpc) is 1.69. The first-order chi connectivity index (χ1) is 42.1. The third-order valence-corrected chi connectivity index (χ3v) is 19.3. The Hall–Kier alpha value is -6.16. The van der Waals surface area contributed by atoms with Crippen molar-refractivity contribution in [2.24, 2.45) is 0 Å². The van der Waals surface area contributed by atoms with Gasteiger partial charge in [0, 0.05) is 161 Å². The number of pyridine rings is 2. The van der Waals surface area contributed by atoms with Gasteiger partial charge in [0.25, 0.3) is 11.1 Å². The molecule has 0 bridgehead atoms. The minimum atomic E-state index is -0.434. The fourth-order valence-corrected chi connectivity index (χ4v) is 14.5. The predicted octanol–water partition coefficient (Wildman–Crippen LogP) is 6.08. The standard InChI is InChI=1S/C68H96F2N12O6/c1-45-35-79(41-61(85)81-43-67(3,4)63-57(81)31-49(65(87)75-63)29-47-19-23-51(69)24-20-47)55(33-71-45)39-77-27-13-15-53(37-77)73-59(83)17-11-9-7-8-10-12-18-60(84)74-54-16-14-28-78(38-54)40-56-34-72-46(2)36-80(56)42-62(86)82-44-68(5,6)64-58(82)32-50(66(88)76-64)30-48-21-25-52(70)26-22-48/h19-26,31-32,45-46,53-56,71-72H,7-18,27-30,33-44H2,1-6H3,(H,73,83)(H,74,84)(H,75,87)(H,76,88)/t45-,46-,53+,54+,55-,56-/m1/s1. The van der Waals surface area contributed by atoms with E-state index in [1.807, 2.05) is 49.6 Å². The number of fused-ring (bicyclic) bond motifs is 2. The van der Waals surface area contributed by atoms with Crippen LogP contribution in [-0.2, 0) is 42.8 Å². The molecule has 10 rings (SSSR count). The largest absolute Gasteiger partial charge is 0.352 e. The Kier molecular flexibility index (Phi) is 21.2. The number of aromatic nitrogens is 2. The predicted molar refractivity (Wildman–Crippen MR) is 341 cm³/mol. The van der Waals surface area contributed by atoms with Crippen molar-refractivity contribution in [1.29, 1.82) is 0 Å². The van der Waals surface area contributed by atoms with Gasteiger partial charge in [0.05, 0.1) is 24.5 Å². The summed E-state index contributed by atoms with van der Waals surface area (Å²) in [6, 6.07) is 16.8. The minimum Gasteiger partial charge on any atom is -0.352 e. The van der Waals surface area contributed by atoms with Crippen LogP contribution in [0.25, 0.3) is 0 Å². The topological polar surface area (TPSA) is 202 Å². The number of rotatable bonds is 23. The molecule has 4 fully saturated rings. The summed E-state index contributed by atoms with van der Waals surface area (Å²) in [4.78, 5) is 101. The van der Waals surface area contributed by atoms with Crippen LogP contribution in [0.2, 0.25) is 0 Å². The zero-order valence-electron chi connectivity index (χ0n) is 52.9. The van der Waals surface area contributed by atoms with Gasteiger partial charge in [0.2, 0.25) is 23.6 Å². The summed E-state index contributed by atoms with van der Waals surface area (Å²) in [5, 5.41) is 13.9. The number of nitrogens with one attached hydrogen (secondary N) is 6. The number of amides is 4. The van der Waals surface area contributed by atoms with Gasteiger partial charge in [-0.25, -0.2) is 8.78 Å². The Labute approximate surface area is 518 Å². The maximum Gasteiger partial charge on any atom is 0.251 e. The first-order valence-corrected chi connectivity index (χ1v) is 32.7. The molecule has 2 aromatic carbocycles. The molecule has 18 nitrogen and oxygen atoms in total. The van der Waals surface area contributed by atoms with Crippen LogP contribution in [0, 0.1) is 11.6 Å². The van der Waals surface area contributed by atoms with Crippen molar-refractivity contribution in [2.45, 2.75) is 179 Å². The molecule has 0 saturated carbocycles. The van der Waals surface area contributed by atoms with Gasteiger partial charge in [-0.3, -0.25) is 48.4 Å². The van der Waals surface area contributed by atoms with E-state index < -0.39 is 10.8 Å². The van der Waals surface area contributed by atoms with Crippen molar-refractivity contribution in [1.82, 2.24) is 50.8 Å². The SMILES string of the molecule is C[C@@H]1CN(CC(=O)N2CC(C)(C)c3[nH]c(=O)c(Cc4ccc(F)cc4)cc32)[C@@H](CN2CCC[C@H](NC(=O)CCCCCCCCC(=O)N[C@H]3CCCN(C[C@H]4CN[C@H](C)CN4CC(=O)N4CC(C)(C)c5[nH]c(=O)c(Cc6ccc(F)cc6)cc54)C3)C2)CN1. The zero-order valence-corrected chi connectivity index (χ0v) is 52.9. The van der Waals surface area contributed by atoms with Crippen LogP contribution in [0.4, 0.5) is 20.2 Å². The van der Waals surface area contributed by atoms with Gasteiger partial charge in [0.1, 0.15) is 11.6 Å². The number of aromatic amines is 2. The van der Waals surface area contributed by atoms with Crippen molar-refractivity contribution < 1.29 is 28.0 Å². The maximum atomic E-state index is 14.3. The summed E-state index contributed by atoms with van der Waals surface area (Å²) >= 11 is 0. The average molecular weight is 1220 g/mol. The van der Waals surface area contributed by atoms with Gasteiger partial charge in [-0.15, -0.1) is 0 Å². The highest BCUT2D eigenvalue weighted by Crippen LogP contribution is 2.41. The van der Waals surface area contributed by atoms with E-state index in [4.69, 9.17) is 0 Å². The van der Waals surface area contributed by atoms with E-state index in [-0.39, 0.29) is 95.7 Å². The van der Waals surface area contributed by atoms with E-state index in [0.29, 0.717) is 49.9 Å². The van der Waals surface area contributed by atoms with Crippen molar-refractivity contribution in [3.8, 4) is 0 Å². The number of halogens is 2. The Morgan fingerprint density at radius 3 is 1.34 bits per heavy atom. The van der Waals surface area contributed by atoms with E-state index in [0.717, 1.165) is 164 Å². The number of hydrogen-bond acceptors (Lipinski definition) is 12. The molecule has 6 aliphatic heterocycles. The summed E-state index contributed by atoms with van der Waals surface area (Å²) in [5.74, 6) is -0.468. The maximum absolute atomic E-state index is 14.3. The molecule has 0 radical (unpaired) electrons. The normalized spacial score (nSPS) is 24.0. The molecule has 478 valence electrons. The van der Waals surface area contributed by atoms with Crippen LogP contribution in [0.3, 0.4) is 0 Å². The molecule has 0 unspecified atom stereocenters. The molecule has 6 N–H and O–H groups in total. The number of H-pyrrole nitrogens is 2. The molecule has 0 spiro atoms. The van der Waals surface area contributed by atoms with Crippen LogP contribution in [0.15, 0.2) is 70.3 Å². The van der Waals surface area contributed by atoms with E-state index in [1.54, 1.807) is 24.3 Å². The van der Waals surface area contributed by atoms with Crippen LogP contribution >= 0.6 is 0 Å². The molecule has 4 aromatic rings. The molecule has 8 heterocycles. The molecule has 4 saturated heterocycles. The lowest BCUT2D eigenvalue weighted by Crippen LogP contribution is -2.62. The van der Waals surface area contributed by atoms with Crippen molar-refractivity contribution in [2.75, 3.05) is 101 Å². The summed E-state index contributed by atoms with van der Waals surface area (Å²) < 4.78 is 27.3. The fraction of sp³-hybridized carbons (Fsp3) is 0.618. The highest BCUT2D eigenvalue weighted by Gasteiger charge is 2.43. The Balaban J connectivity index is 0.607. The van der Waals surface area contributed by atoms with Gasteiger partial charge in [0.15, 0.2) is 0 Å². The molecule has 2 aromatic heterocycles. The van der Waals surface area contributed by atoms with Gasteiger partial charge < -0.3 is 41.0 Å². The van der Waals surface area contributed by atoms with Crippen LogP contribution in [-0.4, -0.2) is 181 Å². The Morgan fingerprint density at radius 1 is 0.557 bits per heavy atom. The number of benzene rings is 2. The number of carbonyl (C=O) groups excluding carboxylic acids is 4. The first kappa shape index (κ1) is 64.8. The van der Waals surface area contributed by atoms with Crippen LogP contribution in [0.1, 0.15) is 152 Å². The Morgan fingerprint density at radius 2 is 0.943 bits per heavy atom. The molecule has 6 aliphatic rings. The molecular formula is C68H96F2N12O6. The summed E-state index contributed by atoms with van der Waals surface area (Å²) in [7, 11) is 0. The third-order valence-electron chi connectivity index (χ3n) is 19.3. The quantitative estimate of drug-likeness (QED) is 0.0469. The van der Waals surface area contributed by atoms with Gasteiger partial charge >= 0.3 is 0 Å². The number of carbonyl (C=O) groups is 4. The number of piperidine rings is 2. The summed E-state index contributed by atoms with van der Waals surface area (Å²) in [5.41, 5.74) is 4.45. The van der Waals surface area contributed by atoms with Crippen LogP contribution in [0.5, 0.6) is 0 Å². The smallest absolute Gasteiger partial charge is 0.251 e. The number of anilines is 2. The summed E-state index contributed by atoms with van der Waals surface area (Å²) in [6.45, 7) is 21.9. The monoisotopic (exact) mass is 1210 g/mol. The highest BCUT2D eigenvalue weighted by atomic mass is 19.1. The second-order valence-corrected chi connectivity index (χ2v) is 27.8. The van der Waals surface area contributed by atoms with Crippen molar-refractivity contribution >= 4 is 35.0 Å². The number of unbranched alkanes of at least 4 members (excludes halogenated alkanes) is 5. The van der Waals surface area contributed by atoms with E-state index >= 15 is 0 Å². The number of nitrogens with zero attached hydrogens (tertiary/aromatic N) is 6. The summed E-state index contributed by atoms with van der Waals surface area (Å²) in [6.07, 6.45) is 11.2. The molecule has 88 heavy (non-hydrogen) atoms. The van der Waals surface area contributed by atoms with Gasteiger partial charge in [-0.2, -0.15) is 0 Å². The second kappa shape index (κ2) is 28.8. The molecule has 20 heteroatoms. The molecule has 6 atom stereocenters. The lowest BCUT2D eigenvalue weighted by molar-refractivity contribution is -0.123. The number of piperazine rings is 2. The number of hydrogen-bond donors (Lipinski definition) is 6. The minimum absolute atomic E-state index is 0.00335. The van der Waals surface area contributed by atoms with E-state index in [1.165, 1.54) is 24.3 Å².